The predicted molar refractivity (Wildman–Crippen MR) is 182 cm³/mol. The summed E-state index contributed by atoms with van der Waals surface area (Å²) >= 11 is 5.40. The molecular formula is C36H36N2S3. The molecule has 0 spiro atoms. The standard InChI is InChI=1S/C36H36N2S3/c1-2-3-4-5-6-7-8-9-10-11-15-24-20-21-27-30-25(24)16-12-17-26(30)31-32(27)38-34-33(37-31)35(28-18-13-22-39-28)41-36(34)29-19-14-23-40-29/h12-14,16-23H,2-11,15H2,1H3. The van der Waals surface area contributed by atoms with Crippen molar-refractivity contribution in [2.75, 3.05) is 0 Å². The molecule has 0 saturated heterocycles. The molecule has 4 heterocycles. The average molecular weight is 593 g/mol. The van der Waals surface area contributed by atoms with Crippen LogP contribution < -0.4 is 0 Å². The normalized spacial score (nSPS) is 12.1. The van der Waals surface area contributed by atoms with Crippen LogP contribution in [0.3, 0.4) is 0 Å². The molecule has 0 amide bonds. The van der Waals surface area contributed by atoms with Gasteiger partial charge in [-0.1, -0.05) is 107 Å². The maximum absolute atomic E-state index is 5.40. The molecule has 41 heavy (non-hydrogen) atoms. The van der Waals surface area contributed by atoms with Crippen molar-refractivity contribution in [1.82, 2.24) is 9.97 Å². The van der Waals surface area contributed by atoms with E-state index in [4.69, 9.17) is 9.97 Å². The first-order valence-electron chi connectivity index (χ1n) is 15.3. The third-order valence-corrected chi connectivity index (χ3v) is 11.7. The Bertz CT molecular complexity index is 1700. The SMILES string of the molecule is CCCCCCCCCCCCc1ccc2c3c(cccc13)-c1nc3c(-c4cccs4)sc(-c4cccs4)c3nc1-2. The number of aryl methyl sites for hydroxylation is 1. The number of aromatic nitrogens is 2. The number of hydrogen-bond donors (Lipinski definition) is 0. The molecule has 208 valence electrons. The minimum absolute atomic E-state index is 1.04. The summed E-state index contributed by atoms with van der Waals surface area (Å²) in [5.41, 5.74) is 8.12. The van der Waals surface area contributed by atoms with Crippen molar-refractivity contribution >= 4 is 55.8 Å². The fourth-order valence-corrected chi connectivity index (χ4v) is 9.25. The molecule has 2 aromatic carbocycles. The zero-order valence-electron chi connectivity index (χ0n) is 23.7. The summed E-state index contributed by atoms with van der Waals surface area (Å²) in [7, 11) is 0. The van der Waals surface area contributed by atoms with Gasteiger partial charge in [-0.05, 0) is 46.7 Å². The summed E-state index contributed by atoms with van der Waals surface area (Å²) in [5.74, 6) is 0. The summed E-state index contributed by atoms with van der Waals surface area (Å²) in [6.45, 7) is 2.29. The summed E-state index contributed by atoms with van der Waals surface area (Å²) in [4.78, 5) is 15.8. The van der Waals surface area contributed by atoms with Crippen LogP contribution in [0.25, 0.3) is 63.8 Å². The predicted octanol–water partition coefficient (Wildman–Crippen LogP) is 12.4. The third-order valence-electron chi connectivity index (χ3n) is 8.46. The quantitative estimate of drug-likeness (QED) is 0.124. The van der Waals surface area contributed by atoms with Crippen molar-refractivity contribution in [2.45, 2.75) is 77.6 Å². The Labute approximate surface area is 255 Å². The molecule has 5 heteroatoms. The molecule has 0 fully saturated rings. The largest absolute Gasteiger partial charge is 0.242 e. The molecule has 6 aromatic rings. The molecular weight excluding hydrogens is 557 g/mol. The van der Waals surface area contributed by atoms with Crippen LogP contribution in [0, 0.1) is 0 Å². The highest BCUT2D eigenvalue weighted by Crippen LogP contribution is 2.51. The van der Waals surface area contributed by atoms with Gasteiger partial charge in [0.15, 0.2) is 0 Å². The van der Waals surface area contributed by atoms with Gasteiger partial charge in [0.2, 0.25) is 0 Å². The molecule has 0 radical (unpaired) electrons. The molecule has 1 aliphatic carbocycles. The fraction of sp³-hybridized carbons (Fsp3) is 0.333. The van der Waals surface area contributed by atoms with E-state index in [9.17, 15) is 0 Å². The van der Waals surface area contributed by atoms with E-state index in [1.54, 1.807) is 22.7 Å². The van der Waals surface area contributed by atoms with Gasteiger partial charge < -0.3 is 0 Å². The second-order valence-corrected chi connectivity index (χ2v) is 14.2. The first-order valence-corrected chi connectivity index (χ1v) is 17.9. The van der Waals surface area contributed by atoms with Crippen LogP contribution in [0.4, 0.5) is 0 Å². The molecule has 7 rings (SSSR count). The number of nitrogens with zero attached hydrogens (tertiary/aromatic N) is 2. The van der Waals surface area contributed by atoms with Crippen molar-refractivity contribution in [3.05, 3.63) is 70.9 Å². The lowest BCUT2D eigenvalue weighted by atomic mass is 9.95. The van der Waals surface area contributed by atoms with Gasteiger partial charge in [0.1, 0.15) is 11.0 Å². The van der Waals surface area contributed by atoms with Gasteiger partial charge in [-0.2, -0.15) is 0 Å². The Morgan fingerprint density at radius 1 is 0.585 bits per heavy atom. The second kappa shape index (κ2) is 12.2. The highest BCUT2D eigenvalue weighted by atomic mass is 32.1. The molecule has 0 unspecified atom stereocenters. The van der Waals surface area contributed by atoms with E-state index in [-0.39, 0.29) is 0 Å². The Kier molecular flexibility index (Phi) is 8.01. The summed E-state index contributed by atoms with van der Waals surface area (Å²) in [6.07, 6.45) is 14.9. The van der Waals surface area contributed by atoms with Gasteiger partial charge in [0.05, 0.1) is 21.1 Å². The van der Waals surface area contributed by atoms with Crippen LogP contribution in [-0.2, 0) is 6.42 Å². The average Bonchev–Trinajstić information content (AvgIpc) is 3.81. The molecule has 0 aliphatic heterocycles. The minimum atomic E-state index is 1.04. The first-order chi connectivity index (χ1) is 20.3. The summed E-state index contributed by atoms with van der Waals surface area (Å²) in [5, 5.41) is 7.03. The fourth-order valence-electron chi connectivity index (χ4n) is 6.36. The van der Waals surface area contributed by atoms with E-state index in [0.29, 0.717) is 0 Å². The highest BCUT2D eigenvalue weighted by molar-refractivity contribution is 7.27. The van der Waals surface area contributed by atoms with Gasteiger partial charge in [-0.15, -0.1) is 34.0 Å². The summed E-state index contributed by atoms with van der Waals surface area (Å²) in [6, 6.07) is 20.1. The molecule has 0 bridgehead atoms. The van der Waals surface area contributed by atoms with Gasteiger partial charge in [-0.3, -0.25) is 0 Å². The molecule has 0 atom stereocenters. The molecule has 4 aromatic heterocycles. The van der Waals surface area contributed by atoms with Crippen LogP contribution in [-0.4, -0.2) is 9.97 Å². The van der Waals surface area contributed by atoms with E-state index < -0.39 is 0 Å². The smallest absolute Gasteiger partial charge is 0.110 e. The van der Waals surface area contributed by atoms with Gasteiger partial charge >= 0.3 is 0 Å². The maximum atomic E-state index is 5.40. The second-order valence-electron chi connectivity index (χ2n) is 11.3. The third kappa shape index (κ3) is 5.17. The highest BCUT2D eigenvalue weighted by Gasteiger charge is 2.28. The van der Waals surface area contributed by atoms with Crippen LogP contribution in [0.15, 0.2) is 65.4 Å². The maximum Gasteiger partial charge on any atom is 0.110 e. The Balaban J connectivity index is 1.16. The number of unbranched alkanes of at least 4 members (excludes halogenated alkanes) is 9. The number of hydrogen-bond acceptors (Lipinski definition) is 5. The van der Waals surface area contributed by atoms with Crippen LogP contribution in [0.2, 0.25) is 0 Å². The van der Waals surface area contributed by atoms with E-state index in [1.807, 2.05) is 11.3 Å². The topological polar surface area (TPSA) is 25.8 Å². The van der Waals surface area contributed by atoms with E-state index in [2.05, 4.69) is 72.3 Å². The van der Waals surface area contributed by atoms with Gasteiger partial charge in [0, 0.05) is 26.3 Å². The van der Waals surface area contributed by atoms with E-state index >= 15 is 0 Å². The lowest BCUT2D eigenvalue weighted by Gasteiger charge is -2.09. The Hall–Kier alpha value is -2.86. The minimum Gasteiger partial charge on any atom is -0.242 e. The van der Waals surface area contributed by atoms with E-state index in [0.717, 1.165) is 28.8 Å². The van der Waals surface area contributed by atoms with Crippen LogP contribution >= 0.6 is 34.0 Å². The van der Waals surface area contributed by atoms with Crippen molar-refractivity contribution in [2.24, 2.45) is 0 Å². The van der Waals surface area contributed by atoms with Crippen molar-refractivity contribution in [3.63, 3.8) is 0 Å². The van der Waals surface area contributed by atoms with Crippen LogP contribution in [0.1, 0.15) is 76.7 Å². The first kappa shape index (κ1) is 27.0. The number of rotatable bonds is 13. The number of benzene rings is 2. The zero-order chi connectivity index (χ0) is 27.6. The molecule has 0 N–H and O–H groups in total. The van der Waals surface area contributed by atoms with Crippen molar-refractivity contribution in [1.29, 1.82) is 0 Å². The molecule has 2 nitrogen and oxygen atoms in total. The van der Waals surface area contributed by atoms with Gasteiger partial charge in [-0.25, -0.2) is 9.97 Å². The number of fused-ring (bicyclic) bond motifs is 4. The van der Waals surface area contributed by atoms with Crippen LogP contribution in [0.5, 0.6) is 0 Å². The number of thiophene rings is 3. The van der Waals surface area contributed by atoms with E-state index in [1.165, 1.54) is 111 Å². The molecule has 1 aliphatic rings. The van der Waals surface area contributed by atoms with Gasteiger partial charge in [0.25, 0.3) is 0 Å². The van der Waals surface area contributed by atoms with Crippen molar-refractivity contribution in [3.8, 4) is 42.0 Å². The summed E-state index contributed by atoms with van der Waals surface area (Å²) < 4.78 is 0. The lowest BCUT2D eigenvalue weighted by Crippen LogP contribution is -1.90. The van der Waals surface area contributed by atoms with Crippen molar-refractivity contribution < 1.29 is 0 Å². The Morgan fingerprint density at radius 3 is 1.76 bits per heavy atom. The monoisotopic (exact) mass is 592 g/mol. The molecule has 0 saturated carbocycles. The lowest BCUT2D eigenvalue weighted by molar-refractivity contribution is 0.556. The zero-order valence-corrected chi connectivity index (χ0v) is 26.2. The Morgan fingerprint density at radius 2 is 1.17 bits per heavy atom.